The molecule has 5 nitrogen and oxygen atoms in total. The molecule has 1 aliphatic heterocycles. The van der Waals surface area contributed by atoms with E-state index in [1.54, 1.807) is 11.3 Å². The van der Waals surface area contributed by atoms with E-state index in [2.05, 4.69) is 10.3 Å². The van der Waals surface area contributed by atoms with E-state index in [1.807, 2.05) is 47.8 Å². The van der Waals surface area contributed by atoms with E-state index in [4.69, 9.17) is 5.73 Å². The fourth-order valence-corrected chi connectivity index (χ4v) is 3.28. The first-order chi connectivity index (χ1) is 10.6. The average molecular weight is 313 g/mol. The maximum Gasteiger partial charge on any atom is 0.307 e. The van der Waals surface area contributed by atoms with E-state index < -0.39 is 5.97 Å². The molecule has 1 atom stereocenters. The highest BCUT2D eigenvalue weighted by Gasteiger charge is 2.27. The Labute approximate surface area is 131 Å². The van der Waals surface area contributed by atoms with Crippen molar-refractivity contribution in [2.75, 3.05) is 0 Å². The summed E-state index contributed by atoms with van der Waals surface area (Å²) >= 11 is 1.54. The van der Waals surface area contributed by atoms with Gasteiger partial charge in [0.05, 0.1) is 12.1 Å². The molecular formula is C16H15N3O2S. The van der Waals surface area contributed by atoms with Gasteiger partial charge in [-0.2, -0.15) is 0 Å². The quantitative estimate of drug-likeness (QED) is 0.809. The molecule has 1 aromatic carbocycles. The second kappa shape index (κ2) is 6.03. The van der Waals surface area contributed by atoms with Crippen LogP contribution >= 0.6 is 11.3 Å². The second-order valence-corrected chi connectivity index (χ2v) is 5.87. The number of aliphatic imine (C=N–C) groups is 1. The zero-order valence-corrected chi connectivity index (χ0v) is 12.5. The molecule has 3 rings (SSSR count). The van der Waals surface area contributed by atoms with E-state index in [9.17, 15) is 9.90 Å². The first-order valence-corrected chi connectivity index (χ1v) is 7.67. The van der Waals surface area contributed by atoms with Gasteiger partial charge in [0.25, 0.3) is 0 Å². The number of nitrogens with zero attached hydrogens (tertiary/aromatic N) is 1. The van der Waals surface area contributed by atoms with Gasteiger partial charge in [-0.3, -0.25) is 4.79 Å². The van der Waals surface area contributed by atoms with Gasteiger partial charge in [0.15, 0.2) is 5.96 Å². The Bertz CT molecular complexity index is 736. The van der Waals surface area contributed by atoms with Gasteiger partial charge in [-0.1, -0.05) is 36.4 Å². The van der Waals surface area contributed by atoms with Crippen LogP contribution in [-0.4, -0.2) is 17.0 Å². The summed E-state index contributed by atoms with van der Waals surface area (Å²) in [5.74, 6) is -0.589. The summed E-state index contributed by atoms with van der Waals surface area (Å²) in [5.41, 5.74) is 8.26. The summed E-state index contributed by atoms with van der Waals surface area (Å²) in [6, 6.07) is 13.1. The molecule has 22 heavy (non-hydrogen) atoms. The fourth-order valence-electron chi connectivity index (χ4n) is 2.49. The number of carboxylic acids is 1. The monoisotopic (exact) mass is 313 g/mol. The van der Waals surface area contributed by atoms with Crippen molar-refractivity contribution in [3.8, 4) is 0 Å². The van der Waals surface area contributed by atoms with Gasteiger partial charge in [-0.25, -0.2) is 4.99 Å². The van der Waals surface area contributed by atoms with E-state index in [0.717, 1.165) is 21.7 Å². The highest BCUT2D eigenvalue weighted by Crippen LogP contribution is 2.37. The smallest absolute Gasteiger partial charge is 0.307 e. The van der Waals surface area contributed by atoms with Gasteiger partial charge in [0, 0.05) is 4.88 Å². The van der Waals surface area contributed by atoms with Crippen LogP contribution in [0.25, 0.3) is 5.70 Å². The van der Waals surface area contributed by atoms with Crippen molar-refractivity contribution in [2.24, 2.45) is 10.7 Å². The minimum absolute atomic E-state index is 0.0867. The largest absolute Gasteiger partial charge is 0.481 e. The number of benzene rings is 1. The number of carboxylic acid groups (broad SMARTS) is 1. The van der Waals surface area contributed by atoms with Crippen LogP contribution in [0.1, 0.15) is 22.9 Å². The lowest BCUT2D eigenvalue weighted by Gasteiger charge is -2.26. The highest BCUT2D eigenvalue weighted by molar-refractivity contribution is 7.10. The van der Waals surface area contributed by atoms with Crippen LogP contribution in [0.5, 0.6) is 0 Å². The van der Waals surface area contributed by atoms with Crippen LogP contribution in [0.2, 0.25) is 0 Å². The maximum absolute atomic E-state index is 11.3. The topological polar surface area (TPSA) is 87.7 Å². The Morgan fingerprint density at radius 1 is 1.27 bits per heavy atom. The van der Waals surface area contributed by atoms with Gasteiger partial charge >= 0.3 is 5.97 Å². The van der Waals surface area contributed by atoms with Crippen LogP contribution < -0.4 is 11.1 Å². The van der Waals surface area contributed by atoms with Crippen molar-refractivity contribution in [3.63, 3.8) is 0 Å². The van der Waals surface area contributed by atoms with E-state index in [0.29, 0.717) is 5.96 Å². The maximum atomic E-state index is 11.3. The van der Waals surface area contributed by atoms with E-state index >= 15 is 0 Å². The van der Waals surface area contributed by atoms with Crippen LogP contribution in [0.4, 0.5) is 0 Å². The second-order valence-electron chi connectivity index (χ2n) is 4.89. The third-order valence-electron chi connectivity index (χ3n) is 3.39. The summed E-state index contributed by atoms with van der Waals surface area (Å²) in [6.07, 6.45) is -0.0867. The molecule has 0 saturated carbocycles. The number of thiophene rings is 1. The molecule has 1 aromatic heterocycles. The Kier molecular flexibility index (Phi) is 3.93. The van der Waals surface area contributed by atoms with Crippen LogP contribution in [0.15, 0.2) is 58.4 Å². The number of aliphatic carboxylic acids is 1. The fraction of sp³-hybridized carbons (Fsp3) is 0.125. The normalized spacial score (nSPS) is 17.8. The summed E-state index contributed by atoms with van der Waals surface area (Å²) in [5, 5.41) is 14.3. The number of guanidine groups is 1. The van der Waals surface area contributed by atoms with Crippen molar-refractivity contribution < 1.29 is 9.90 Å². The Hall–Kier alpha value is -2.60. The van der Waals surface area contributed by atoms with E-state index in [1.165, 1.54) is 0 Å². The molecule has 112 valence electrons. The third kappa shape index (κ3) is 2.87. The Morgan fingerprint density at radius 2 is 2.05 bits per heavy atom. The molecule has 2 heterocycles. The zero-order chi connectivity index (χ0) is 15.5. The van der Waals surface area contributed by atoms with Gasteiger partial charge < -0.3 is 16.2 Å². The lowest BCUT2D eigenvalue weighted by Crippen LogP contribution is -2.35. The first-order valence-electron chi connectivity index (χ1n) is 6.79. The molecule has 0 saturated heterocycles. The van der Waals surface area contributed by atoms with Crippen molar-refractivity contribution in [3.05, 3.63) is 63.9 Å². The van der Waals surface area contributed by atoms with E-state index in [-0.39, 0.29) is 12.5 Å². The summed E-state index contributed by atoms with van der Waals surface area (Å²) < 4.78 is 0. The highest BCUT2D eigenvalue weighted by atomic mass is 32.1. The standard InChI is InChI=1S/C16H15N3O2S/c17-16-18-14(10-5-2-1-3-6-10)11(9-13(20)21)15(19-16)12-7-4-8-22-12/h1-8,15H,9H2,(H,20,21)(H3,17,18,19). The summed E-state index contributed by atoms with van der Waals surface area (Å²) in [6.45, 7) is 0. The molecule has 0 radical (unpaired) electrons. The Morgan fingerprint density at radius 3 is 2.68 bits per heavy atom. The molecule has 0 bridgehead atoms. The molecular weight excluding hydrogens is 298 g/mol. The van der Waals surface area contributed by atoms with Crippen LogP contribution in [-0.2, 0) is 4.79 Å². The molecule has 0 spiro atoms. The van der Waals surface area contributed by atoms with Crippen LogP contribution in [0.3, 0.4) is 0 Å². The molecule has 0 aliphatic carbocycles. The molecule has 0 amide bonds. The molecule has 6 heteroatoms. The predicted octanol–water partition coefficient (Wildman–Crippen LogP) is 2.59. The van der Waals surface area contributed by atoms with Crippen molar-refractivity contribution in [2.45, 2.75) is 12.5 Å². The summed E-state index contributed by atoms with van der Waals surface area (Å²) in [7, 11) is 0. The molecule has 4 N–H and O–H groups in total. The number of rotatable bonds is 4. The van der Waals surface area contributed by atoms with Gasteiger partial charge in [0.2, 0.25) is 0 Å². The number of hydrogen-bond donors (Lipinski definition) is 3. The van der Waals surface area contributed by atoms with Gasteiger partial charge in [-0.05, 0) is 22.6 Å². The van der Waals surface area contributed by atoms with Crippen molar-refractivity contribution in [1.29, 1.82) is 0 Å². The van der Waals surface area contributed by atoms with Crippen molar-refractivity contribution in [1.82, 2.24) is 5.32 Å². The minimum atomic E-state index is -0.887. The summed E-state index contributed by atoms with van der Waals surface area (Å²) in [4.78, 5) is 16.7. The average Bonchev–Trinajstić information content (AvgIpc) is 3.03. The number of carbonyl (C=O) groups is 1. The number of nitrogens with two attached hydrogens (primary N) is 1. The molecule has 0 fully saturated rings. The molecule has 1 unspecified atom stereocenters. The zero-order valence-electron chi connectivity index (χ0n) is 11.7. The SMILES string of the molecule is NC1=NC(c2cccs2)C(CC(=O)O)=C(c2ccccc2)N1. The lowest BCUT2D eigenvalue weighted by molar-refractivity contribution is -0.136. The minimum Gasteiger partial charge on any atom is -0.481 e. The first kappa shape index (κ1) is 14.3. The Balaban J connectivity index is 2.13. The van der Waals surface area contributed by atoms with Gasteiger partial charge in [-0.15, -0.1) is 11.3 Å². The predicted molar refractivity (Wildman–Crippen MR) is 87.4 cm³/mol. The molecule has 1 aliphatic rings. The lowest BCUT2D eigenvalue weighted by atomic mass is 9.95. The number of nitrogens with one attached hydrogen (secondary N) is 1. The van der Waals surface area contributed by atoms with Crippen molar-refractivity contribution >= 4 is 29.0 Å². The third-order valence-corrected chi connectivity index (χ3v) is 4.31. The molecule has 2 aromatic rings. The van der Waals surface area contributed by atoms with Gasteiger partial charge in [0.1, 0.15) is 6.04 Å². The van der Waals surface area contributed by atoms with Crippen LogP contribution in [0, 0.1) is 0 Å². The number of hydrogen-bond acceptors (Lipinski definition) is 5.